The van der Waals surface area contributed by atoms with Crippen LogP contribution in [0.4, 0.5) is 22.7 Å². The first-order valence-corrected chi connectivity index (χ1v) is 8.59. The number of rotatable bonds is 6. The van der Waals surface area contributed by atoms with E-state index < -0.39 is 0 Å². The lowest BCUT2D eigenvalue weighted by molar-refractivity contribution is -0.114. The van der Waals surface area contributed by atoms with Crippen molar-refractivity contribution in [3.8, 4) is 5.75 Å². The molecule has 142 valence electrons. The fraction of sp³-hybridized carbons (Fsp3) is 0.0952. The van der Waals surface area contributed by atoms with Gasteiger partial charge in [-0.05, 0) is 42.5 Å². The lowest BCUT2D eigenvalue weighted by Crippen LogP contribution is -2.14. The number of anilines is 4. The van der Waals surface area contributed by atoms with Crippen LogP contribution in [0.15, 0.2) is 66.9 Å². The van der Waals surface area contributed by atoms with Gasteiger partial charge >= 0.3 is 0 Å². The number of amides is 2. The molecule has 0 radical (unpaired) electrons. The number of hydrogen-bond acceptors (Lipinski definition) is 5. The minimum absolute atomic E-state index is 0.179. The van der Waals surface area contributed by atoms with Gasteiger partial charge in [0.1, 0.15) is 11.4 Å². The Balaban J connectivity index is 1.72. The Morgan fingerprint density at radius 1 is 0.857 bits per heavy atom. The van der Waals surface area contributed by atoms with Crippen molar-refractivity contribution in [2.45, 2.75) is 6.92 Å². The second-order valence-electron chi connectivity index (χ2n) is 6.00. The van der Waals surface area contributed by atoms with Gasteiger partial charge in [0.25, 0.3) is 5.91 Å². The van der Waals surface area contributed by atoms with Crippen LogP contribution in [0.3, 0.4) is 0 Å². The van der Waals surface area contributed by atoms with Crippen molar-refractivity contribution in [3.05, 3.63) is 72.6 Å². The van der Waals surface area contributed by atoms with Crippen molar-refractivity contribution < 1.29 is 14.3 Å². The third-order valence-electron chi connectivity index (χ3n) is 3.79. The molecule has 0 spiro atoms. The summed E-state index contributed by atoms with van der Waals surface area (Å²) in [7, 11) is 1.61. The van der Waals surface area contributed by atoms with E-state index in [9.17, 15) is 9.59 Å². The highest BCUT2D eigenvalue weighted by molar-refractivity contribution is 6.03. The number of carbonyl (C=O) groups is 2. The van der Waals surface area contributed by atoms with Crippen LogP contribution in [-0.4, -0.2) is 23.9 Å². The van der Waals surface area contributed by atoms with Crippen LogP contribution >= 0.6 is 0 Å². The molecule has 0 unspecified atom stereocenters. The predicted octanol–water partition coefficient (Wildman–Crippen LogP) is 4.04. The Labute approximate surface area is 162 Å². The lowest BCUT2D eigenvalue weighted by atomic mass is 10.2. The molecule has 0 saturated carbocycles. The number of ether oxygens (including phenoxy) is 1. The van der Waals surface area contributed by atoms with Gasteiger partial charge in [0.2, 0.25) is 5.91 Å². The first-order chi connectivity index (χ1) is 13.5. The van der Waals surface area contributed by atoms with E-state index in [1.807, 2.05) is 24.3 Å². The van der Waals surface area contributed by atoms with Crippen molar-refractivity contribution in [2.75, 3.05) is 23.1 Å². The minimum Gasteiger partial charge on any atom is -0.497 e. The molecule has 0 saturated heterocycles. The number of nitrogens with zero attached hydrogens (tertiary/aromatic N) is 1. The number of hydrogen-bond donors (Lipinski definition) is 3. The number of benzene rings is 2. The fourth-order valence-electron chi connectivity index (χ4n) is 2.57. The Morgan fingerprint density at radius 3 is 2.29 bits per heavy atom. The summed E-state index contributed by atoms with van der Waals surface area (Å²) in [5.41, 5.74) is 2.98. The smallest absolute Gasteiger partial charge is 0.274 e. The van der Waals surface area contributed by atoms with Gasteiger partial charge in [-0.25, -0.2) is 0 Å². The molecule has 1 heterocycles. The van der Waals surface area contributed by atoms with Crippen molar-refractivity contribution in [1.82, 2.24) is 4.98 Å². The van der Waals surface area contributed by atoms with Crippen LogP contribution < -0.4 is 20.7 Å². The molecule has 2 amide bonds. The average Bonchev–Trinajstić information content (AvgIpc) is 2.68. The topological polar surface area (TPSA) is 92.3 Å². The standard InChI is InChI=1S/C21H20N4O3/c1-14(26)23-15-5-3-6-16(11-15)25-21(27)20-13-18(9-10-22-20)24-17-7-4-8-19(12-17)28-2/h3-13H,1-2H3,(H,22,24)(H,23,26)(H,25,27). The van der Waals surface area contributed by atoms with E-state index in [1.165, 1.54) is 6.92 Å². The zero-order chi connectivity index (χ0) is 19.9. The van der Waals surface area contributed by atoms with E-state index in [1.54, 1.807) is 49.7 Å². The minimum atomic E-state index is -0.353. The summed E-state index contributed by atoms with van der Waals surface area (Å²) < 4.78 is 5.21. The zero-order valence-corrected chi connectivity index (χ0v) is 15.5. The first-order valence-electron chi connectivity index (χ1n) is 8.59. The van der Waals surface area contributed by atoms with Gasteiger partial charge in [0.05, 0.1) is 7.11 Å². The molecule has 7 nitrogen and oxygen atoms in total. The summed E-state index contributed by atoms with van der Waals surface area (Å²) in [5.74, 6) is 0.201. The molecule has 3 N–H and O–H groups in total. The third kappa shape index (κ3) is 5.07. The number of aromatic nitrogens is 1. The monoisotopic (exact) mass is 376 g/mol. The molecule has 0 bridgehead atoms. The predicted molar refractivity (Wildman–Crippen MR) is 109 cm³/mol. The highest BCUT2D eigenvalue weighted by Crippen LogP contribution is 2.22. The Morgan fingerprint density at radius 2 is 1.54 bits per heavy atom. The maximum atomic E-state index is 12.5. The second-order valence-corrected chi connectivity index (χ2v) is 6.00. The summed E-state index contributed by atoms with van der Waals surface area (Å²) in [6.07, 6.45) is 1.56. The molecule has 0 aliphatic rings. The maximum absolute atomic E-state index is 12.5. The molecule has 0 aliphatic heterocycles. The first kappa shape index (κ1) is 18.9. The summed E-state index contributed by atoms with van der Waals surface area (Å²) >= 11 is 0. The Kier molecular flexibility index (Phi) is 5.86. The molecule has 1 aromatic heterocycles. The molecule has 2 aromatic carbocycles. The van der Waals surface area contributed by atoms with E-state index >= 15 is 0 Å². The van der Waals surface area contributed by atoms with Crippen LogP contribution in [0.2, 0.25) is 0 Å². The molecule has 0 atom stereocenters. The zero-order valence-electron chi connectivity index (χ0n) is 15.5. The van der Waals surface area contributed by atoms with Gasteiger partial charge in [-0.2, -0.15) is 0 Å². The summed E-state index contributed by atoms with van der Waals surface area (Å²) in [4.78, 5) is 27.9. The summed E-state index contributed by atoms with van der Waals surface area (Å²) in [6, 6.07) is 17.8. The number of methoxy groups -OCH3 is 1. The normalized spacial score (nSPS) is 10.1. The van der Waals surface area contributed by atoms with Crippen molar-refractivity contribution >= 4 is 34.6 Å². The second kappa shape index (κ2) is 8.68. The molecule has 7 heteroatoms. The number of pyridine rings is 1. The molecule has 0 fully saturated rings. The van der Waals surface area contributed by atoms with Crippen molar-refractivity contribution in [2.24, 2.45) is 0 Å². The Bertz CT molecular complexity index is 1000. The van der Waals surface area contributed by atoms with Crippen LogP contribution in [0.25, 0.3) is 0 Å². The SMILES string of the molecule is COc1cccc(Nc2ccnc(C(=O)Nc3cccc(NC(C)=O)c3)c2)c1. The molecule has 28 heavy (non-hydrogen) atoms. The van der Waals surface area contributed by atoms with Gasteiger partial charge in [0, 0.05) is 41.9 Å². The highest BCUT2D eigenvalue weighted by atomic mass is 16.5. The third-order valence-corrected chi connectivity index (χ3v) is 3.79. The summed E-state index contributed by atoms with van der Waals surface area (Å²) in [5, 5.41) is 8.68. The summed E-state index contributed by atoms with van der Waals surface area (Å²) in [6.45, 7) is 1.43. The maximum Gasteiger partial charge on any atom is 0.274 e. The van der Waals surface area contributed by atoms with Crippen molar-refractivity contribution in [1.29, 1.82) is 0 Å². The lowest BCUT2D eigenvalue weighted by Gasteiger charge is -2.10. The van der Waals surface area contributed by atoms with E-state index in [4.69, 9.17) is 4.74 Å². The molecule has 0 aliphatic carbocycles. The van der Waals surface area contributed by atoms with Gasteiger partial charge in [0.15, 0.2) is 0 Å². The molecule has 3 aromatic rings. The van der Waals surface area contributed by atoms with Gasteiger partial charge in [-0.1, -0.05) is 12.1 Å². The molecular weight excluding hydrogens is 356 g/mol. The number of carbonyl (C=O) groups excluding carboxylic acids is 2. The van der Waals surface area contributed by atoms with Gasteiger partial charge in [-0.15, -0.1) is 0 Å². The van der Waals surface area contributed by atoms with E-state index in [0.717, 1.165) is 17.1 Å². The average molecular weight is 376 g/mol. The molecule has 3 rings (SSSR count). The quantitative estimate of drug-likeness (QED) is 0.604. The van der Waals surface area contributed by atoms with Crippen LogP contribution in [0.1, 0.15) is 17.4 Å². The largest absolute Gasteiger partial charge is 0.497 e. The van der Waals surface area contributed by atoms with E-state index in [-0.39, 0.29) is 17.5 Å². The molecular formula is C21H20N4O3. The number of nitrogens with one attached hydrogen (secondary N) is 3. The van der Waals surface area contributed by atoms with Gasteiger partial charge < -0.3 is 20.7 Å². The van der Waals surface area contributed by atoms with E-state index in [2.05, 4.69) is 20.9 Å². The van der Waals surface area contributed by atoms with Crippen LogP contribution in [-0.2, 0) is 4.79 Å². The highest BCUT2D eigenvalue weighted by Gasteiger charge is 2.09. The Hall–Kier alpha value is -3.87. The fourth-order valence-corrected chi connectivity index (χ4v) is 2.57. The van der Waals surface area contributed by atoms with Crippen LogP contribution in [0, 0.1) is 0 Å². The van der Waals surface area contributed by atoms with Crippen molar-refractivity contribution in [3.63, 3.8) is 0 Å². The van der Waals surface area contributed by atoms with E-state index in [0.29, 0.717) is 11.4 Å². The van der Waals surface area contributed by atoms with Crippen LogP contribution in [0.5, 0.6) is 5.75 Å². The van der Waals surface area contributed by atoms with Gasteiger partial charge in [-0.3, -0.25) is 14.6 Å².